The molecule has 0 fully saturated rings. The Morgan fingerprint density at radius 2 is 1.88 bits per heavy atom. The van der Waals surface area contributed by atoms with Crippen molar-refractivity contribution in [3.63, 3.8) is 0 Å². The molecule has 0 bridgehead atoms. The van der Waals surface area contributed by atoms with Gasteiger partial charge in [0.1, 0.15) is 11.5 Å². The Kier molecular flexibility index (Phi) is 5.54. The van der Waals surface area contributed by atoms with Crippen molar-refractivity contribution in [1.29, 1.82) is 0 Å². The van der Waals surface area contributed by atoms with E-state index in [9.17, 15) is 4.79 Å². The minimum atomic E-state index is -0.196. The molecule has 1 unspecified atom stereocenters. The lowest BCUT2D eigenvalue weighted by Crippen LogP contribution is -2.32. The number of nitrogens with zero attached hydrogens (tertiary/aromatic N) is 2. The summed E-state index contributed by atoms with van der Waals surface area (Å²) in [5, 5.41) is 6.17. The maximum absolute atomic E-state index is 12.0. The van der Waals surface area contributed by atoms with Gasteiger partial charge in [0.15, 0.2) is 0 Å². The van der Waals surface area contributed by atoms with Gasteiger partial charge in [0.2, 0.25) is 0 Å². The van der Waals surface area contributed by atoms with E-state index in [0.29, 0.717) is 11.5 Å². The van der Waals surface area contributed by atoms with Crippen molar-refractivity contribution in [2.75, 3.05) is 5.32 Å². The Balaban J connectivity index is 2.14. The van der Waals surface area contributed by atoms with Crippen LogP contribution in [0.1, 0.15) is 57.1 Å². The third kappa shape index (κ3) is 4.54. The number of para-hydroxylation sites is 1. The molecule has 24 heavy (non-hydrogen) atoms. The van der Waals surface area contributed by atoms with Gasteiger partial charge in [-0.1, -0.05) is 45.9 Å². The van der Waals surface area contributed by atoms with Crippen molar-refractivity contribution < 1.29 is 4.79 Å². The molecule has 0 radical (unpaired) electrons. The number of benzene rings is 1. The van der Waals surface area contributed by atoms with Crippen LogP contribution in [-0.2, 0) is 5.41 Å². The van der Waals surface area contributed by atoms with Crippen LogP contribution in [0.2, 0.25) is 0 Å². The highest BCUT2D eigenvalue weighted by Gasteiger charge is 2.18. The van der Waals surface area contributed by atoms with Gasteiger partial charge in [0.25, 0.3) is 5.91 Å². The second kappa shape index (κ2) is 7.43. The standard InChI is InChI=1S/C19H26N4O/c1-6-13(2)22-18(24)16-11-21-17(12-20-16)23-15-10-8-7-9-14(15)19(3,4)5/h7-13H,6H2,1-5H3,(H,21,23)(H,22,24). The topological polar surface area (TPSA) is 66.9 Å². The lowest BCUT2D eigenvalue weighted by Gasteiger charge is -2.23. The Morgan fingerprint density at radius 3 is 2.46 bits per heavy atom. The van der Waals surface area contributed by atoms with Crippen LogP contribution in [0.3, 0.4) is 0 Å². The van der Waals surface area contributed by atoms with Gasteiger partial charge in [-0.2, -0.15) is 0 Å². The molecule has 2 N–H and O–H groups in total. The minimum Gasteiger partial charge on any atom is -0.348 e. The Labute approximate surface area is 143 Å². The maximum Gasteiger partial charge on any atom is 0.271 e. The molecule has 5 nitrogen and oxygen atoms in total. The smallest absolute Gasteiger partial charge is 0.271 e. The first-order valence-corrected chi connectivity index (χ1v) is 8.30. The second-order valence-electron chi connectivity index (χ2n) is 6.99. The molecule has 1 heterocycles. The predicted octanol–water partition coefficient (Wildman–Crippen LogP) is 4.05. The normalized spacial score (nSPS) is 12.5. The predicted molar refractivity (Wildman–Crippen MR) is 97.7 cm³/mol. The zero-order chi connectivity index (χ0) is 17.7. The van der Waals surface area contributed by atoms with Crippen molar-refractivity contribution in [2.45, 2.75) is 52.5 Å². The van der Waals surface area contributed by atoms with Gasteiger partial charge in [0.05, 0.1) is 12.4 Å². The van der Waals surface area contributed by atoms with Gasteiger partial charge in [-0.05, 0) is 30.4 Å². The highest BCUT2D eigenvalue weighted by molar-refractivity contribution is 5.92. The molecule has 128 valence electrons. The molecular weight excluding hydrogens is 300 g/mol. The number of rotatable bonds is 5. The van der Waals surface area contributed by atoms with Gasteiger partial charge in [-0.25, -0.2) is 9.97 Å². The van der Waals surface area contributed by atoms with Crippen LogP contribution in [0, 0.1) is 0 Å². The Bertz CT molecular complexity index is 689. The summed E-state index contributed by atoms with van der Waals surface area (Å²) in [6.07, 6.45) is 3.97. The van der Waals surface area contributed by atoms with E-state index in [1.807, 2.05) is 32.0 Å². The first-order valence-electron chi connectivity index (χ1n) is 8.30. The largest absolute Gasteiger partial charge is 0.348 e. The number of hydrogen-bond donors (Lipinski definition) is 2. The van der Waals surface area contributed by atoms with E-state index < -0.39 is 0 Å². The van der Waals surface area contributed by atoms with Crippen molar-refractivity contribution in [1.82, 2.24) is 15.3 Å². The van der Waals surface area contributed by atoms with Crippen molar-refractivity contribution in [3.05, 3.63) is 47.9 Å². The fourth-order valence-corrected chi connectivity index (χ4v) is 2.29. The van der Waals surface area contributed by atoms with Gasteiger partial charge < -0.3 is 10.6 Å². The quantitative estimate of drug-likeness (QED) is 0.870. The highest BCUT2D eigenvalue weighted by atomic mass is 16.1. The molecular formula is C19H26N4O. The van der Waals surface area contributed by atoms with E-state index in [1.54, 1.807) is 6.20 Å². The van der Waals surface area contributed by atoms with Gasteiger partial charge in [0, 0.05) is 11.7 Å². The number of amides is 1. The number of anilines is 2. The summed E-state index contributed by atoms with van der Waals surface area (Å²) in [4.78, 5) is 20.6. The molecule has 2 rings (SSSR count). The van der Waals surface area contributed by atoms with Crippen molar-refractivity contribution in [3.8, 4) is 0 Å². The number of carbonyl (C=O) groups is 1. The third-order valence-corrected chi connectivity index (χ3v) is 3.87. The number of aromatic nitrogens is 2. The van der Waals surface area contributed by atoms with Crippen LogP contribution in [0.5, 0.6) is 0 Å². The molecule has 0 aliphatic carbocycles. The molecule has 1 atom stereocenters. The average Bonchev–Trinajstić information content (AvgIpc) is 2.55. The van der Waals surface area contributed by atoms with E-state index in [2.05, 4.69) is 47.4 Å². The van der Waals surface area contributed by atoms with Crippen LogP contribution >= 0.6 is 0 Å². The first-order chi connectivity index (χ1) is 11.3. The molecule has 5 heteroatoms. The lowest BCUT2D eigenvalue weighted by atomic mass is 9.86. The van der Waals surface area contributed by atoms with E-state index in [0.717, 1.165) is 12.1 Å². The third-order valence-electron chi connectivity index (χ3n) is 3.87. The summed E-state index contributed by atoms with van der Waals surface area (Å²) in [6, 6.07) is 8.25. The maximum atomic E-state index is 12.0. The number of hydrogen-bond acceptors (Lipinski definition) is 4. The molecule has 1 aromatic carbocycles. The van der Waals surface area contributed by atoms with E-state index >= 15 is 0 Å². The fourth-order valence-electron chi connectivity index (χ4n) is 2.29. The average molecular weight is 326 g/mol. The monoisotopic (exact) mass is 326 g/mol. The molecule has 0 aliphatic heterocycles. The SMILES string of the molecule is CCC(C)NC(=O)c1cnc(Nc2ccccc2C(C)(C)C)cn1. The van der Waals surface area contributed by atoms with Crippen LogP contribution in [0.15, 0.2) is 36.7 Å². The van der Waals surface area contributed by atoms with Gasteiger partial charge in [-0.3, -0.25) is 4.79 Å². The van der Waals surface area contributed by atoms with E-state index in [1.165, 1.54) is 11.8 Å². The zero-order valence-corrected chi connectivity index (χ0v) is 15.1. The molecule has 0 aliphatic rings. The van der Waals surface area contributed by atoms with Crippen molar-refractivity contribution >= 4 is 17.4 Å². The second-order valence-corrected chi connectivity index (χ2v) is 6.99. The molecule has 1 amide bonds. The molecule has 0 spiro atoms. The molecule has 0 saturated heterocycles. The fraction of sp³-hybridized carbons (Fsp3) is 0.421. The van der Waals surface area contributed by atoms with E-state index in [-0.39, 0.29) is 17.4 Å². The van der Waals surface area contributed by atoms with Crippen LogP contribution < -0.4 is 10.6 Å². The number of nitrogens with one attached hydrogen (secondary N) is 2. The van der Waals surface area contributed by atoms with E-state index in [4.69, 9.17) is 0 Å². The molecule has 1 aromatic heterocycles. The van der Waals surface area contributed by atoms with Crippen molar-refractivity contribution in [2.24, 2.45) is 0 Å². The summed E-state index contributed by atoms with van der Waals surface area (Å²) in [7, 11) is 0. The van der Waals surface area contributed by atoms with Crippen LogP contribution in [-0.4, -0.2) is 21.9 Å². The summed E-state index contributed by atoms with van der Waals surface area (Å²) < 4.78 is 0. The molecule has 2 aromatic rings. The zero-order valence-electron chi connectivity index (χ0n) is 15.1. The van der Waals surface area contributed by atoms with Gasteiger partial charge in [-0.15, -0.1) is 0 Å². The lowest BCUT2D eigenvalue weighted by molar-refractivity contribution is 0.0934. The summed E-state index contributed by atoms with van der Waals surface area (Å²) >= 11 is 0. The minimum absolute atomic E-state index is 0.0210. The highest BCUT2D eigenvalue weighted by Crippen LogP contribution is 2.30. The Morgan fingerprint density at radius 1 is 1.17 bits per heavy atom. The van der Waals surface area contributed by atoms with Crippen LogP contribution in [0.25, 0.3) is 0 Å². The summed E-state index contributed by atoms with van der Waals surface area (Å²) in [5.41, 5.74) is 2.54. The summed E-state index contributed by atoms with van der Waals surface area (Å²) in [6.45, 7) is 10.5. The molecule has 0 saturated carbocycles. The van der Waals surface area contributed by atoms with Crippen LogP contribution in [0.4, 0.5) is 11.5 Å². The first kappa shape index (κ1) is 17.9. The summed E-state index contributed by atoms with van der Waals surface area (Å²) in [5.74, 6) is 0.422. The van der Waals surface area contributed by atoms with Gasteiger partial charge >= 0.3 is 0 Å². The number of carbonyl (C=O) groups excluding carboxylic acids is 1. The Hall–Kier alpha value is -2.43.